The van der Waals surface area contributed by atoms with E-state index in [4.69, 9.17) is 4.74 Å². The third-order valence-corrected chi connectivity index (χ3v) is 6.63. The molecule has 2 amide bonds. The minimum absolute atomic E-state index is 0.0645. The van der Waals surface area contributed by atoms with Gasteiger partial charge in [0.05, 0.1) is 7.11 Å². The largest absolute Gasteiger partial charge is 0.497 e. The highest BCUT2D eigenvalue weighted by Gasteiger charge is 2.27. The van der Waals surface area contributed by atoms with Gasteiger partial charge in [0.25, 0.3) is 5.91 Å². The van der Waals surface area contributed by atoms with Gasteiger partial charge in [-0.1, -0.05) is 42.5 Å². The highest BCUT2D eigenvalue weighted by Crippen LogP contribution is 2.38. The number of hydrogen-bond donors (Lipinski definition) is 2. The lowest BCUT2D eigenvalue weighted by atomic mass is 10.1. The van der Waals surface area contributed by atoms with Crippen LogP contribution in [0.15, 0.2) is 89.8 Å². The Hall–Kier alpha value is -4.31. The van der Waals surface area contributed by atoms with Crippen molar-refractivity contribution in [2.24, 2.45) is 0 Å². The number of amides is 2. The molecule has 38 heavy (non-hydrogen) atoms. The second-order valence-electron chi connectivity index (χ2n) is 7.95. The molecule has 0 bridgehead atoms. The van der Waals surface area contributed by atoms with Gasteiger partial charge in [0.1, 0.15) is 16.7 Å². The zero-order valence-corrected chi connectivity index (χ0v) is 20.6. The minimum Gasteiger partial charge on any atom is -0.497 e. The van der Waals surface area contributed by atoms with Crippen LogP contribution in [-0.4, -0.2) is 18.9 Å². The molecule has 4 rings (SSSR count). The average Bonchev–Trinajstić information content (AvgIpc) is 2.93. The topological polar surface area (TPSA) is 67.4 Å². The maximum absolute atomic E-state index is 14.2. The van der Waals surface area contributed by atoms with Gasteiger partial charge in [-0.05, 0) is 42.0 Å². The Labute approximate surface area is 219 Å². The van der Waals surface area contributed by atoms with E-state index in [1.165, 1.54) is 7.11 Å². The van der Waals surface area contributed by atoms with Gasteiger partial charge in [-0.2, -0.15) is 0 Å². The molecule has 0 saturated carbocycles. The molecule has 0 saturated heterocycles. The molecule has 0 spiro atoms. The highest BCUT2D eigenvalue weighted by atomic mass is 32.2. The molecule has 1 atom stereocenters. The maximum atomic E-state index is 14.2. The van der Waals surface area contributed by atoms with Gasteiger partial charge in [0.15, 0.2) is 23.3 Å². The minimum atomic E-state index is -1.71. The number of ether oxygens (including phenoxy) is 1. The molecule has 2 N–H and O–H groups in total. The van der Waals surface area contributed by atoms with Gasteiger partial charge in [-0.15, -0.1) is 11.8 Å². The standard InChI is InChI=1S/C28H20F4N2O3S/c1-37-19-11-5-9-17(13-19)27(35)33-18-10-6-12-20(14-18)38-26(16-7-3-2-4-8-16)28(36)34-25-23(31)21(29)15-22(30)24(25)32/h2-15,26H,1H3,(H,33,35)(H,34,36). The third kappa shape index (κ3) is 6.15. The molecular formula is C28H20F4N2O3S. The van der Waals surface area contributed by atoms with E-state index >= 15 is 0 Å². The Morgan fingerprint density at radius 1 is 0.789 bits per heavy atom. The Balaban J connectivity index is 1.59. The molecule has 1 unspecified atom stereocenters. The predicted octanol–water partition coefficient (Wildman–Crippen LogP) is 6.98. The van der Waals surface area contributed by atoms with Crippen LogP contribution in [0.2, 0.25) is 0 Å². The van der Waals surface area contributed by atoms with E-state index in [-0.39, 0.29) is 12.0 Å². The van der Waals surface area contributed by atoms with E-state index in [9.17, 15) is 27.2 Å². The van der Waals surface area contributed by atoms with Crippen LogP contribution in [0.4, 0.5) is 28.9 Å². The first-order valence-electron chi connectivity index (χ1n) is 11.2. The lowest BCUT2D eigenvalue weighted by Gasteiger charge is -2.18. The van der Waals surface area contributed by atoms with E-state index in [2.05, 4.69) is 5.32 Å². The lowest BCUT2D eigenvalue weighted by molar-refractivity contribution is -0.115. The SMILES string of the molecule is COc1cccc(C(=O)Nc2cccc(SC(C(=O)Nc3c(F)c(F)cc(F)c3F)c3ccccc3)c2)c1. The van der Waals surface area contributed by atoms with Crippen molar-refractivity contribution in [1.82, 2.24) is 0 Å². The first-order chi connectivity index (χ1) is 18.3. The van der Waals surface area contributed by atoms with Gasteiger partial charge in [-0.3, -0.25) is 9.59 Å². The molecular weight excluding hydrogens is 520 g/mol. The van der Waals surface area contributed by atoms with E-state index in [1.807, 2.05) is 5.32 Å². The molecule has 0 radical (unpaired) electrons. The fourth-order valence-electron chi connectivity index (χ4n) is 3.52. The van der Waals surface area contributed by atoms with Crippen LogP contribution in [0.1, 0.15) is 21.2 Å². The van der Waals surface area contributed by atoms with Crippen LogP contribution in [0.5, 0.6) is 5.75 Å². The number of carbonyl (C=O) groups is 2. The van der Waals surface area contributed by atoms with Gasteiger partial charge >= 0.3 is 0 Å². The zero-order valence-electron chi connectivity index (χ0n) is 19.8. The number of halogens is 4. The van der Waals surface area contributed by atoms with Crippen molar-refractivity contribution in [3.05, 3.63) is 119 Å². The molecule has 10 heteroatoms. The van der Waals surface area contributed by atoms with E-state index in [0.717, 1.165) is 11.8 Å². The molecule has 0 heterocycles. The van der Waals surface area contributed by atoms with Crippen molar-refractivity contribution in [3.63, 3.8) is 0 Å². The Kier molecular flexibility index (Phi) is 8.32. The van der Waals surface area contributed by atoms with Crippen molar-refractivity contribution in [3.8, 4) is 5.75 Å². The number of anilines is 2. The predicted molar refractivity (Wildman–Crippen MR) is 137 cm³/mol. The molecule has 4 aromatic carbocycles. The van der Waals surface area contributed by atoms with Gasteiger partial charge in [0, 0.05) is 22.2 Å². The molecule has 0 aromatic heterocycles. The fourth-order valence-corrected chi connectivity index (χ4v) is 4.61. The fraction of sp³-hybridized carbons (Fsp3) is 0.0714. The average molecular weight is 541 g/mol. The highest BCUT2D eigenvalue weighted by molar-refractivity contribution is 8.00. The van der Waals surface area contributed by atoms with Crippen molar-refractivity contribution in [1.29, 1.82) is 0 Å². The summed E-state index contributed by atoms with van der Waals surface area (Å²) >= 11 is 1.02. The second kappa shape index (κ2) is 11.8. The van der Waals surface area contributed by atoms with Crippen molar-refractivity contribution in [2.45, 2.75) is 10.1 Å². The Bertz CT molecular complexity index is 1460. The summed E-state index contributed by atoms with van der Waals surface area (Å²) in [5.41, 5.74) is 0.0569. The smallest absolute Gasteiger partial charge is 0.255 e. The summed E-state index contributed by atoms with van der Waals surface area (Å²) in [5, 5.41) is 3.69. The normalized spacial score (nSPS) is 11.5. The van der Waals surface area contributed by atoms with Crippen LogP contribution in [0.25, 0.3) is 0 Å². The second-order valence-corrected chi connectivity index (χ2v) is 9.13. The summed E-state index contributed by atoms with van der Waals surface area (Å²) < 4.78 is 60.9. The first kappa shape index (κ1) is 26.7. The molecule has 0 aliphatic rings. The van der Waals surface area contributed by atoms with E-state index < -0.39 is 40.1 Å². The Morgan fingerprint density at radius 2 is 1.47 bits per heavy atom. The van der Waals surface area contributed by atoms with Crippen molar-refractivity contribution in [2.75, 3.05) is 17.7 Å². The molecule has 194 valence electrons. The lowest BCUT2D eigenvalue weighted by Crippen LogP contribution is -2.21. The van der Waals surface area contributed by atoms with Crippen LogP contribution < -0.4 is 15.4 Å². The number of hydrogen-bond acceptors (Lipinski definition) is 4. The van der Waals surface area contributed by atoms with Gasteiger partial charge < -0.3 is 15.4 Å². The summed E-state index contributed by atoms with van der Waals surface area (Å²) in [6.07, 6.45) is 0. The molecule has 0 aliphatic heterocycles. The Morgan fingerprint density at radius 3 is 2.16 bits per heavy atom. The number of nitrogens with one attached hydrogen (secondary N) is 2. The summed E-state index contributed by atoms with van der Waals surface area (Å²) in [7, 11) is 1.49. The number of thioether (sulfide) groups is 1. The summed E-state index contributed by atoms with van der Waals surface area (Å²) in [5.74, 6) is -7.47. The summed E-state index contributed by atoms with van der Waals surface area (Å²) in [4.78, 5) is 26.4. The monoisotopic (exact) mass is 540 g/mol. The molecule has 0 aliphatic carbocycles. The van der Waals surface area contributed by atoms with Crippen LogP contribution in [0, 0.1) is 23.3 Å². The number of carbonyl (C=O) groups excluding carboxylic acids is 2. The van der Waals surface area contributed by atoms with Gasteiger partial charge in [-0.25, -0.2) is 17.6 Å². The molecule has 5 nitrogen and oxygen atoms in total. The summed E-state index contributed by atoms with van der Waals surface area (Å²) in [6, 6.07) is 21.6. The van der Waals surface area contributed by atoms with Crippen LogP contribution in [0.3, 0.4) is 0 Å². The number of methoxy groups -OCH3 is 1. The quantitative estimate of drug-likeness (QED) is 0.144. The van der Waals surface area contributed by atoms with E-state index in [1.54, 1.807) is 78.9 Å². The van der Waals surface area contributed by atoms with Crippen LogP contribution in [-0.2, 0) is 4.79 Å². The molecule has 4 aromatic rings. The number of benzene rings is 4. The van der Waals surface area contributed by atoms with Crippen molar-refractivity contribution < 1.29 is 31.9 Å². The zero-order chi connectivity index (χ0) is 27.2. The first-order valence-corrected chi connectivity index (χ1v) is 12.1. The van der Waals surface area contributed by atoms with Crippen LogP contribution >= 0.6 is 11.8 Å². The van der Waals surface area contributed by atoms with Crippen molar-refractivity contribution >= 4 is 35.0 Å². The number of rotatable bonds is 8. The van der Waals surface area contributed by atoms with E-state index in [0.29, 0.717) is 27.5 Å². The maximum Gasteiger partial charge on any atom is 0.255 e. The third-order valence-electron chi connectivity index (χ3n) is 5.38. The molecule has 0 fully saturated rings. The summed E-state index contributed by atoms with van der Waals surface area (Å²) in [6.45, 7) is 0. The van der Waals surface area contributed by atoms with Gasteiger partial charge in [0.2, 0.25) is 5.91 Å².